The zero-order valence-corrected chi connectivity index (χ0v) is 9.74. The fourth-order valence-electron chi connectivity index (χ4n) is 2.32. The van der Waals surface area contributed by atoms with Crippen molar-refractivity contribution in [2.75, 3.05) is 17.6 Å². The Kier molecular flexibility index (Phi) is 3.34. The highest BCUT2D eigenvalue weighted by molar-refractivity contribution is 5.59. The molecule has 1 saturated carbocycles. The molecule has 1 fully saturated rings. The number of benzene rings is 1. The van der Waals surface area contributed by atoms with Gasteiger partial charge in [-0.25, -0.2) is 0 Å². The van der Waals surface area contributed by atoms with Gasteiger partial charge in [0.15, 0.2) is 0 Å². The predicted molar refractivity (Wildman–Crippen MR) is 67.4 cm³/mol. The lowest BCUT2D eigenvalue weighted by Crippen LogP contribution is -2.13. The van der Waals surface area contributed by atoms with Crippen LogP contribution in [0.1, 0.15) is 24.8 Å². The smallest absolute Gasteiger partial charge is 0.0543 e. The molecule has 0 saturated heterocycles. The van der Waals surface area contributed by atoms with Crippen LogP contribution in [0.5, 0.6) is 0 Å². The summed E-state index contributed by atoms with van der Waals surface area (Å²) in [6.45, 7) is 3.01. The summed E-state index contributed by atoms with van der Waals surface area (Å²) in [5.41, 5.74) is 8.87. The van der Waals surface area contributed by atoms with Crippen LogP contribution in [0.25, 0.3) is 0 Å². The average molecular weight is 220 g/mol. The maximum Gasteiger partial charge on any atom is 0.0543 e. The number of nitrogen functional groups attached to an aromatic ring is 1. The number of hydrogen-bond acceptors (Lipinski definition) is 3. The summed E-state index contributed by atoms with van der Waals surface area (Å²) in [6.07, 6.45) is 2.90. The van der Waals surface area contributed by atoms with Gasteiger partial charge in [0.2, 0.25) is 0 Å². The van der Waals surface area contributed by atoms with Crippen LogP contribution >= 0.6 is 0 Å². The van der Waals surface area contributed by atoms with Gasteiger partial charge in [-0.05, 0) is 49.8 Å². The first-order valence-electron chi connectivity index (χ1n) is 5.93. The first-order chi connectivity index (χ1) is 7.65. The van der Waals surface area contributed by atoms with Gasteiger partial charge in [0.1, 0.15) is 0 Å². The molecule has 88 valence electrons. The number of aryl methyl sites for hydroxylation is 1. The van der Waals surface area contributed by atoms with Crippen molar-refractivity contribution in [1.29, 1.82) is 0 Å². The van der Waals surface area contributed by atoms with Crippen molar-refractivity contribution in [3.05, 3.63) is 23.8 Å². The number of nitrogens with one attached hydrogen (secondary N) is 1. The SMILES string of the molecule is Cc1ccc(N)cc1NCC1CCC(O)C1. The van der Waals surface area contributed by atoms with Gasteiger partial charge >= 0.3 is 0 Å². The standard InChI is InChI=1S/C13H20N2O/c1-9-2-4-11(14)7-13(9)15-8-10-3-5-12(16)6-10/h2,4,7,10,12,15-16H,3,5-6,8,14H2,1H3. The summed E-state index contributed by atoms with van der Waals surface area (Å²) < 4.78 is 0. The van der Waals surface area contributed by atoms with E-state index < -0.39 is 0 Å². The third-order valence-corrected chi connectivity index (χ3v) is 3.36. The van der Waals surface area contributed by atoms with Gasteiger partial charge in [-0.15, -0.1) is 0 Å². The van der Waals surface area contributed by atoms with E-state index in [1.54, 1.807) is 0 Å². The van der Waals surface area contributed by atoms with E-state index in [1.807, 2.05) is 18.2 Å². The Bertz CT molecular complexity index is 365. The van der Waals surface area contributed by atoms with Crippen LogP contribution < -0.4 is 11.1 Å². The summed E-state index contributed by atoms with van der Waals surface area (Å²) in [5.74, 6) is 0.593. The summed E-state index contributed by atoms with van der Waals surface area (Å²) in [6, 6.07) is 5.92. The molecule has 1 aliphatic carbocycles. The Labute approximate surface area is 96.7 Å². The van der Waals surface area contributed by atoms with Gasteiger partial charge in [-0.2, -0.15) is 0 Å². The molecule has 0 radical (unpaired) electrons. The van der Waals surface area contributed by atoms with Crippen molar-refractivity contribution < 1.29 is 5.11 Å². The van der Waals surface area contributed by atoms with Crippen molar-refractivity contribution in [3.63, 3.8) is 0 Å². The zero-order chi connectivity index (χ0) is 11.5. The molecule has 0 bridgehead atoms. The molecular weight excluding hydrogens is 200 g/mol. The molecule has 1 aromatic rings. The Morgan fingerprint density at radius 1 is 1.44 bits per heavy atom. The summed E-state index contributed by atoms with van der Waals surface area (Å²) in [7, 11) is 0. The quantitative estimate of drug-likeness (QED) is 0.684. The van der Waals surface area contributed by atoms with Gasteiger partial charge < -0.3 is 16.2 Å². The molecule has 1 aromatic carbocycles. The molecule has 4 N–H and O–H groups in total. The normalized spacial score (nSPS) is 24.6. The highest BCUT2D eigenvalue weighted by atomic mass is 16.3. The lowest BCUT2D eigenvalue weighted by atomic mass is 10.1. The monoisotopic (exact) mass is 220 g/mol. The Morgan fingerprint density at radius 3 is 2.94 bits per heavy atom. The van der Waals surface area contributed by atoms with Crippen LogP contribution in [-0.2, 0) is 0 Å². The molecule has 2 atom stereocenters. The molecule has 3 nitrogen and oxygen atoms in total. The Morgan fingerprint density at radius 2 is 2.25 bits per heavy atom. The summed E-state index contributed by atoms with van der Waals surface area (Å²) in [4.78, 5) is 0. The topological polar surface area (TPSA) is 58.3 Å². The largest absolute Gasteiger partial charge is 0.399 e. The van der Waals surface area contributed by atoms with E-state index in [4.69, 9.17) is 5.73 Å². The second kappa shape index (κ2) is 4.74. The van der Waals surface area contributed by atoms with E-state index in [0.717, 1.165) is 37.2 Å². The number of aliphatic hydroxyl groups is 1. The van der Waals surface area contributed by atoms with Crippen molar-refractivity contribution in [2.24, 2.45) is 5.92 Å². The third-order valence-electron chi connectivity index (χ3n) is 3.36. The molecule has 0 aliphatic heterocycles. The van der Waals surface area contributed by atoms with Crippen LogP contribution in [0.2, 0.25) is 0 Å². The number of aliphatic hydroxyl groups excluding tert-OH is 1. The van der Waals surface area contributed by atoms with E-state index in [0.29, 0.717) is 5.92 Å². The minimum Gasteiger partial charge on any atom is -0.399 e. The average Bonchev–Trinajstić information content (AvgIpc) is 2.66. The molecule has 16 heavy (non-hydrogen) atoms. The minimum absolute atomic E-state index is 0.0891. The van der Waals surface area contributed by atoms with Gasteiger partial charge in [-0.3, -0.25) is 0 Å². The van der Waals surface area contributed by atoms with E-state index in [9.17, 15) is 5.11 Å². The third kappa shape index (κ3) is 2.67. The second-order valence-electron chi connectivity index (χ2n) is 4.79. The van der Waals surface area contributed by atoms with E-state index in [-0.39, 0.29) is 6.10 Å². The van der Waals surface area contributed by atoms with Crippen LogP contribution in [0, 0.1) is 12.8 Å². The van der Waals surface area contributed by atoms with Crippen LogP contribution in [0.3, 0.4) is 0 Å². The van der Waals surface area contributed by atoms with Crippen LogP contribution in [-0.4, -0.2) is 17.8 Å². The molecule has 0 amide bonds. The highest BCUT2D eigenvalue weighted by Gasteiger charge is 2.22. The highest BCUT2D eigenvalue weighted by Crippen LogP contribution is 2.26. The summed E-state index contributed by atoms with van der Waals surface area (Å²) >= 11 is 0. The van der Waals surface area contributed by atoms with Crippen molar-refractivity contribution in [3.8, 4) is 0 Å². The minimum atomic E-state index is -0.0891. The van der Waals surface area contributed by atoms with E-state index >= 15 is 0 Å². The van der Waals surface area contributed by atoms with Gasteiger partial charge in [0.25, 0.3) is 0 Å². The first-order valence-corrected chi connectivity index (χ1v) is 5.93. The molecule has 3 heteroatoms. The van der Waals surface area contributed by atoms with Gasteiger partial charge in [0, 0.05) is 17.9 Å². The first kappa shape index (κ1) is 11.3. The molecule has 2 unspecified atom stereocenters. The molecule has 0 spiro atoms. The van der Waals surface area contributed by atoms with Crippen molar-refractivity contribution in [1.82, 2.24) is 0 Å². The van der Waals surface area contributed by atoms with Crippen molar-refractivity contribution >= 4 is 11.4 Å². The fourth-order valence-corrected chi connectivity index (χ4v) is 2.32. The van der Waals surface area contributed by atoms with Crippen molar-refractivity contribution in [2.45, 2.75) is 32.3 Å². The number of rotatable bonds is 3. The van der Waals surface area contributed by atoms with Crippen LogP contribution in [0.15, 0.2) is 18.2 Å². The fraction of sp³-hybridized carbons (Fsp3) is 0.538. The van der Waals surface area contributed by atoms with Gasteiger partial charge in [-0.1, -0.05) is 6.07 Å². The molecule has 0 aromatic heterocycles. The second-order valence-corrected chi connectivity index (χ2v) is 4.79. The number of hydrogen-bond donors (Lipinski definition) is 3. The van der Waals surface area contributed by atoms with E-state index in [1.165, 1.54) is 5.56 Å². The number of nitrogens with two attached hydrogens (primary N) is 1. The van der Waals surface area contributed by atoms with Crippen LogP contribution in [0.4, 0.5) is 11.4 Å². The Hall–Kier alpha value is -1.22. The van der Waals surface area contributed by atoms with Gasteiger partial charge in [0.05, 0.1) is 6.10 Å². The molecule has 2 rings (SSSR count). The Balaban J connectivity index is 1.91. The van der Waals surface area contributed by atoms with E-state index in [2.05, 4.69) is 12.2 Å². The molecule has 1 aliphatic rings. The lowest BCUT2D eigenvalue weighted by Gasteiger charge is -2.14. The molecule has 0 heterocycles. The lowest BCUT2D eigenvalue weighted by molar-refractivity contribution is 0.178. The zero-order valence-electron chi connectivity index (χ0n) is 9.74. The maximum atomic E-state index is 9.45. The summed E-state index contributed by atoms with van der Waals surface area (Å²) in [5, 5.41) is 12.9. The molecular formula is C13H20N2O. The predicted octanol–water partition coefficient (Wildman–Crippen LogP) is 2.15. The maximum absolute atomic E-state index is 9.45. The number of anilines is 2.